The monoisotopic (exact) mass is 241 g/mol. The topological polar surface area (TPSA) is 22.1 Å². The maximum absolute atomic E-state index is 6.05. The van der Waals surface area contributed by atoms with Gasteiger partial charge in [-0.05, 0) is 51.0 Å². The Bertz CT molecular complexity index is 511. The van der Waals surface area contributed by atoms with Gasteiger partial charge in [0.2, 0.25) is 0 Å². The van der Waals surface area contributed by atoms with Crippen LogP contribution in [-0.4, -0.2) is 4.98 Å². The second kappa shape index (κ2) is 5.21. The van der Waals surface area contributed by atoms with E-state index in [2.05, 4.69) is 37.9 Å². The summed E-state index contributed by atoms with van der Waals surface area (Å²) >= 11 is 0. The van der Waals surface area contributed by atoms with E-state index in [-0.39, 0.29) is 6.10 Å². The van der Waals surface area contributed by atoms with Gasteiger partial charge in [0.25, 0.3) is 0 Å². The van der Waals surface area contributed by atoms with Crippen LogP contribution in [0.25, 0.3) is 0 Å². The minimum absolute atomic E-state index is 0.0358. The first-order valence-electron chi connectivity index (χ1n) is 6.23. The molecule has 0 aliphatic carbocycles. The van der Waals surface area contributed by atoms with Crippen LogP contribution < -0.4 is 4.74 Å². The first kappa shape index (κ1) is 12.6. The van der Waals surface area contributed by atoms with Gasteiger partial charge in [-0.3, -0.25) is 4.98 Å². The molecule has 0 aliphatic heterocycles. The summed E-state index contributed by atoms with van der Waals surface area (Å²) < 4.78 is 6.05. The molecule has 0 saturated carbocycles. The third-order valence-electron chi connectivity index (χ3n) is 3.00. The maximum atomic E-state index is 6.05. The third-order valence-corrected chi connectivity index (χ3v) is 3.00. The van der Waals surface area contributed by atoms with E-state index < -0.39 is 0 Å². The number of pyridine rings is 1. The fourth-order valence-corrected chi connectivity index (χ4v) is 2.21. The average Bonchev–Trinajstić information content (AvgIpc) is 2.34. The standard InChI is InChI=1S/C16H19NO/c1-11-9-12(2)16(13(3)10-11)18-14(4)15-7-5-6-8-17-15/h5-10,14H,1-4H3/t14-/m0/s1. The molecule has 0 unspecified atom stereocenters. The van der Waals surface area contributed by atoms with Crippen LogP contribution in [0.4, 0.5) is 0 Å². The van der Waals surface area contributed by atoms with Gasteiger partial charge in [-0.15, -0.1) is 0 Å². The van der Waals surface area contributed by atoms with E-state index in [1.165, 1.54) is 16.7 Å². The predicted octanol–water partition coefficient (Wildman–Crippen LogP) is 4.15. The average molecular weight is 241 g/mol. The third kappa shape index (κ3) is 2.70. The molecule has 0 aliphatic rings. The number of hydrogen-bond donors (Lipinski definition) is 0. The molecule has 0 amide bonds. The van der Waals surface area contributed by atoms with Gasteiger partial charge < -0.3 is 4.74 Å². The van der Waals surface area contributed by atoms with E-state index in [9.17, 15) is 0 Å². The first-order valence-corrected chi connectivity index (χ1v) is 6.23. The zero-order chi connectivity index (χ0) is 13.1. The molecule has 2 rings (SSSR count). The van der Waals surface area contributed by atoms with Crippen LogP contribution in [0.1, 0.15) is 35.4 Å². The van der Waals surface area contributed by atoms with E-state index >= 15 is 0 Å². The van der Waals surface area contributed by atoms with E-state index in [4.69, 9.17) is 4.74 Å². The van der Waals surface area contributed by atoms with Crippen LogP contribution in [0.2, 0.25) is 0 Å². The van der Waals surface area contributed by atoms with Gasteiger partial charge in [0.1, 0.15) is 11.9 Å². The molecular formula is C16H19NO. The van der Waals surface area contributed by atoms with Gasteiger partial charge in [0.15, 0.2) is 0 Å². The largest absolute Gasteiger partial charge is 0.484 e. The van der Waals surface area contributed by atoms with Crippen molar-refractivity contribution in [2.45, 2.75) is 33.8 Å². The van der Waals surface area contributed by atoms with E-state index in [0.717, 1.165) is 11.4 Å². The Balaban J connectivity index is 2.25. The second-order valence-corrected chi connectivity index (χ2v) is 4.74. The highest BCUT2D eigenvalue weighted by molar-refractivity contribution is 5.43. The number of aryl methyl sites for hydroxylation is 3. The van der Waals surface area contributed by atoms with Crippen LogP contribution >= 0.6 is 0 Å². The lowest BCUT2D eigenvalue weighted by Crippen LogP contribution is -2.07. The maximum Gasteiger partial charge on any atom is 0.138 e. The van der Waals surface area contributed by atoms with Gasteiger partial charge in [0, 0.05) is 6.20 Å². The number of nitrogens with zero attached hydrogens (tertiary/aromatic N) is 1. The molecule has 94 valence electrons. The van der Waals surface area contributed by atoms with Crippen molar-refractivity contribution in [1.29, 1.82) is 0 Å². The van der Waals surface area contributed by atoms with Gasteiger partial charge >= 0.3 is 0 Å². The summed E-state index contributed by atoms with van der Waals surface area (Å²) in [4.78, 5) is 4.33. The van der Waals surface area contributed by atoms with Gasteiger partial charge in [-0.2, -0.15) is 0 Å². The molecule has 0 saturated heterocycles. The van der Waals surface area contributed by atoms with Gasteiger partial charge in [-0.1, -0.05) is 23.8 Å². The zero-order valence-electron chi connectivity index (χ0n) is 11.4. The lowest BCUT2D eigenvalue weighted by atomic mass is 10.1. The molecule has 1 aromatic heterocycles. The van der Waals surface area contributed by atoms with Crippen molar-refractivity contribution in [2.75, 3.05) is 0 Å². The Morgan fingerprint density at radius 2 is 1.72 bits per heavy atom. The molecule has 18 heavy (non-hydrogen) atoms. The molecule has 2 nitrogen and oxygen atoms in total. The minimum atomic E-state index is -0.0358. The highest BCUT2D eigenvalue weighted by Gasteiger charge is 2.12. The van der Waals surface area contributed by atoms with E-state index in [1.54, 1.807) is 6.20 Å². The Morgan fingerprint density at radius 3 is 2.28 bits per heavy atom. The number of aromatic nitrogens is 1. The van der Waals surface area contributed by atoms with E-state index in [0.29, 0.717) is 0 Å². The van der Waals surface area contributed by atoms with Crippen LogP contribution in [0.15, 0.2) is 36.5 Å². The quantitative estimate of drug-likeness (QED) is 0.805. The smallest absolute Gasteiger partial charge is 0.138 e. The SMILES string of the molecule is Cc1cc(C)c(O[C@@H](C)c2ccccn2)c(C)c1. The van der Waals surface area contributed by atoms with E-state index in [1.807, 2.05) is 25.1 Å². The van der Waals surface area contributed by atoms with Gasteiger partial charge in [0.05, 0.1) is 5.69 Å². The van der Waals surface area contributed by atoms with Crippen molar-refractivity contribution < 1.29 is 4.74 Å². The number of benzene rings is 1. The van der Waals surface area contributed by atoms with Crippen molar-refractivity contribution in [1.82, 2.24) is 4.98 Å². The lowest BCUT2D eigenvalue weighted by Gasteiger charge is -2.18. The van der Waals surface area contributed by atoms with Crippen molar-refractivity contribution >= 4 is 0 Å². The summed E-state index contributed by atoms with van der Waals surface area (Å²) in [6.45, 7) is 8.30. The normalized spacial score (nSPS) is 12.2. The van der Waals surface area contributed by atoms with Crippen LogP contribution in [-0.2, 0) is 0 Å². The molecule has 1 aromatic carbocycles. The Morgan fingerprint density at radius 1 is 1.06 bits per heavy atom. The molecule has 2 heteroatoms. The van der Waals surface area contributed by atoms with Crippen LogP contribution in [0.3, 0.4) is 0 Å². The first-order chi connectivity index (χ1) is 8.58. The molecule has 0 radical (unpaired) electrons. The summed E-state index contributed by atoms with van der Waals surface area (Å²) in [5.74, 6) is 0.971. The molecule has 0 N–H and O–H groups in total. The Kier molecular flexibility index (Phi) is 3.66. The second-order valence-electron chi connectivity index (χ2n) is 4.74. The fourth-order valence-electron chi connectivity index (χ4n) is 2.21. The molecule has 0 bridgehead atoms. The molecule has 0 fully saturated rings. The predicted molar refractivity (Wildman–Crippen MR) is 73.9 cm³/mol. The van der Waals surface area contributed by atoms with Crippen LogP contribution in [0.5, 0.6) is 5.75 Å². The highest BCUT2D eigenvalue weighted by Crippen LogP contribution is 2.28. The molecule has 2 aromatic rings. The van der Waals surface area contributed by atoms with Crippen molar-refractivity contribution in [3.63, 3.8) is 0 Å². The van der Waals surface area contributed by atoms with Crippen molar-refractivity contribution in [3.05, 3.63) is 58.9 Å². The Labute approximate surface area is 109 Å². The van der Waals surface area contributed by atoms with Crippen molar-refractivity contribution in [2.24, 2.45) is 0 Å². The summed E-state index contributed by atoms with van der Waals surface area (Å²) in [5.41, 5.74) is 4.57. The molecular weight excluding hydrogens is 222 g/mol. The summed E-state index contributed by atoms with van der Waals surface area (Å²) in [6.07, 6.45) is 1.76. The summed E-state index contributed by atoms with van der Waals surface area (Å²) in [6, 6.07) is 10.2. The minimum Gasteiger partial charge on any atom is -0.484 e. The Hall–Kier alpha value is -1.83. The molecule has 1 atom stereocenters. The van der Waals surface area contributed by atoms with Crippen molar-refractivity contribution in [3.8, 4) is 5.75 Å². The number of hydrogen-bond acceptors (Lipinski definition) is 2. The number of rotatable bonds is 3. The zero-order valence-corrected chi connectivity index (χ0v) is 11.4. The summed E-state index contributed by atoms with van der Waals surface area (Å²) in [7, 11) is 0. The fraction of sp³-hybridized carbons (Fsp3) is 0.312. The molecule has 0 spiro atoms. The van der Waals surface area contributed by atoms with Crippen LogP contribution in [0, 0.1) is 20.8 Å². The highest BCUT2D eigenvalue weighted by atomic mass is 16.5. The number of ether oxygens (including phenoxy) is 1. The summed E-state index contributed by atoms with van der Waals surface area (Å²) in [5, 5.41) is 0. The van der Waals surface area contributed by atoms with Gasteiger partial charge in [-0.25, -0.2) is 0 Å². The molecule has 1 heterocycles. The lowest BCUT2D eigenvalue weighted by molar-refractivity contribution is 0.219.